The van der Waals surface area contributed by atoms with Crippen molar-refractivity contribution < 1.29 is 9.90 Å². The van der Waals surface area contributed by atoms with Gasteiger partial charge < -0.3 is 5.11 Å². The topological polar surface area (TPSA) is 37.3 Å². The summed E-state index contributed by atoms with van der Waals surface area (Å²) < 4.78 is 0. The third-order valence-corrected chi connectivity index (χ3v) is 4.58. The van der Waals surface area contributed by atoms with Crippen molar-refractivity contribution in [3.05, 3.63) is 71.8 Å². The number of hydrogen-bond acceptors (Lipinski definition) is 1. The Morgan fingerprint density at radius 2 is 1.52 bits per heavy atom. The first-order valence-corrected chi connectivity index (χ1v) is 7.70. The van der Waals surface area contributed by atoms with Crippen LogP contribution in [0.5, 0.6) is 0 Å². The monoisotopic (exact) mass is 300 g/mol. The smallest absolute Gasteiger partial charge is 0.330 e. The summed E-state index contributed by atoms with van der Waals surface area (Å²) in [6, 6.07) is 19.2. The SMILES string of the molecule is CC(=CCc1ccc2ccc3cccc4ccc1c2c34)C(=O)O. The lowest BCUT2D eigenvalue weighted by Crippen LogP contribution is -1.97. The van der Waals surface area contributed by atoms with Gasteiger partial charge in [0.1, 0.15) is 0 Å². The zero-order valence-corrected chi connectivity index (χ0v) is 12.8. The molecule has 0 bridgehead atoms. The first-order chi connectivity index (χ1) is 11.1. The van der Waals surface area contributed by atoms with E-state index in [4.69, 9.17) is 5.11 Å². The Morgan fingerprint density at radius 3 is 2.22 bits per heavy atom. The molecule has 0 atom stereocenters. The van der Waals surface area contributed by atoms with Crippen molar-refractivity contribution in [2.24, 2.45) is 0 Å². The normalized spacial score (nSPS) is 12.5. The van der Waals surface area contributed by atoms with E-state index in [1.54, 1.807) is 13.0 Å². The summed E-state index contributed by atoms with van der Waals surface area (Å²) in [7, 11) is 0. The van der Waals surface area contributed by atoms with Crippen molar-refractivity contribution in [2.45, 2.75) is 13.3 Å². The Morgan fingerprint density at radius 1 is 0.913 bits per heavy atom. The molecule has 4 aromatic rings. The first-order valence-electron chi connectivity index (χ1n) is 7.70. The van der Waals surface area contributed by atoms with Gasteiger partial charge in [0.15, 0.2) is 0 Å². The Balaban J connectivity index is 2.00. The molecule has 0 aromatic heterocycles. The summed E-state index contributed by atoms with van der Waals surface area (Å²) in [5.41, 5.74) is 1.55. The minimum absolute atomic E-state index is 0.385. The number of allylic oxidation sites excluding steroid dienone is 1. The fourth-order valence-electron chi connectivity index (χ4n) is 3.32. The number of aliphatic carboxylic acids is 1. The van der Waals surface area contributed by atoms with Gasteiger partial charge in [0.2, 0.25) is 0 Å². The number of rotatable bonds is 3. The molecule has 0 saturated heterocycles. The van der Waals surface area contributed by atoms with Gasteiger partial charge in [-0.2, -0.15) is 0 Å². The van der Waals surface area contributed by atoms with Crippen LogP contribution in [0.15, 0.2) is 66.2 Å². The van der Waals surface area contributed by atoms with E-state index < -0.39 is 5.97 Å². The van der Waals surface area contributed by atoms with E-state index >= 15 is 0 Å². The minimum Gasteiger partial charge on any atom is -0.478 e. The molecule has 1 N–H and O–H groups in total. The van der Waals surface area contributed by atoms with E-state index in [0.717, 1.165) is 5.56 Å². The van der Waals surface area contributed by atoms with Gasteiger partial charge >= 0.3 is 5.97 Å². The third kappa shape index (κ3) is 2.15. The van der Waals surface area contributed by atoms with E-state index in [0.29, 0.717) is 12.0 Å². The van der Waals surface area contributed by atoms with Crippen LogP contribution in [0.2, 0.25) is 0 Å². The maximum atomic E-state index is 11.0. The molecule has 0 spiro atoms. The Hall–Kier alpha value is -2.87. The van der Waals surface area contributed by atoms with Crippen LogP contribution in [0, 0.1) is 0 Å². The van der Waals surface area contributed by atoms with E-state index in [2.05, 4.69) is 54.6 Å². The maximum absolute atomic E-state index is 11.0. The highest BCUT2D eigenvalue weighted by Gasteiger charge is 2.10. The Labute approximate surface area is 134 Å². The van der Waals surface area contributed by atoms with Crippen LogP contribution in [0.1, 0.15) is 12.5 Å². The molecule has 2 nitrogen and oxygen atoms in total. The molecule has 0 unspecified atom stereocenters. The van der Waals surface area contributed by atoms with E-state index in [-0.39, 0.29) is 0 Å². The lowest BCUT2D eigenvalue weighted by Gasteiger charge is -2.13. The van der Waals surface area contributed by atoms with Crippen molar-refractivity contribution in [1.82, 2.24) is 0 Å². The van der Waals surface area contributed by atoms with Gasteiger partial charge in [0.25, 0.3) is 0 Å². The zero-order valence-electron chi connectivity index (χ0n) is 12.8. The van der Waals surface area contributed by atoms with Crippen LogP contribution in [-0.2, 0) is 11.2 Å². The van der Waals surface area contributed by atoms with Crippen LogP contribution >= 0.6 is 0 Å². The van der Waals surface area contributed by atoms with Crippen molar-refractivity contribution in [3.8, 4) is 0 Å². The van der Waals surface area contributed by atoms with Crippen molar-refractivity contribution in [3.63, 3.8) is 0 Å². The highest BCUT2D eigenvalue weighted by atomic mass is 16.4. The molecule has 0 fully saturated rings. The fourth-order valence-corrected chi connectivity index (χ4v) is 3.32. The van der Waals surface area contributed by atoms with Gasteiger partial charge in [-0.3, -0.25) is 0 Å². The Bertz CT molecular complexity index is 1060. The summed E-state index contributed by atoms with van der Waals surface area (Å²) >= 11 is 0. The first kappa shape index (κ1) is 13.8. The molecule has 4 rings (SSSR count). The van der Waals surface area contributed by atoms with Crippen molar-refractivity contribution in [1.29, 1.82) is 0 Å². The van der Waals surface area contributed by atoms with E-state index in [9.17, 15) is 4.79 Å². The number of hydrogen-bond donors (Lipinski definition) is 1. The highest BCUT2D eigenvalue weighted by Crippen LogP contribution is 2.36. The molecule has 112 valence electrons. The average Bonchev–Trinajstić information content (AvgIpc) is 2.58. The number of carbonyl (C=O) groups is 1. The Kier molecular flexibility index (Phi) is 3.05. The summed E-state index contributed by atoms with van der Waals surface area (Å²) in [6.07, 6.45) is 2.42. The average molecular weight is 300 g/mol. The fraction of sp³-hybridized carbons (Fsp3) is 0.0952. The van der Waals surface area contributed by atoms with Gasteiger partial charge in [-0.25, -0.2) is 4.79 Å². The van der Waals surface area contributed by atoms with Gasteiger partial charge in [-0.1, -0.05) is 60.7 Å². The predicted octanol–water partition coefficient (Wildman–Crippen LogP) is 5.16. The minimum atomic E-state index is -0.859. The standard InChI is InChI=1S/C21H16O2/c1-13(21(22)23)5-6-14-7-8-17-10-9-15-3-2-4-16-11-12-18(14)20(17)19(15)16/h2-5,7-12H,6H2,1H3,(H,22,23). The van der Waals surface area contributed by atoms with Crippen LogP contribution in [0.25, 0.3) is 32.3 Å². The lowest BCUT2D eigenvalue weighted by atomic mass is 9.91. The van der Waals surface area contributed by atoms with Gasteiger partial charge in [-0.15, -0.1) is 0 Å². The molecule has 23 heavy (non-hydrogen) atoms. The molecule has 0 amide bonds. The number of benzene rings is 4. The summed E-state index contributed by atoms with van der Waals surface area (Å²) in [6.45, 7) is 1.64. The van der Waals surface area contributed by atoms with E-state index in [1.807, 2.05) is 0 Å². The maximum Gasteiger partial charge on any atom is 0.330 e. The summed E-state index contributed by atoms with van der Waals surface area (Å²) in [4.78, 5) is 11.0. The molecule has 0 heterocycles. The molecule has 0 aliphatic rings. The summed E-state index contributed by atoms with van der Waals surface area (Å²) in [5, 5.41) is 16.5. The molecule has 0 radical (unpaired) electrons. The second-order valence-electron chi connectivity index (χ2n) is 5.98. The molecule has 0 saturated carbocycles. The lowest BCUT2D eigenvalue weighted by molar-refractivity contribution is -0.132. The second kappa shape index (κ2) is 5.10. The third-order valence-electron chi connectivity index (χ3n) is 4.58. The van der Waals surface area contributed by atoms with Crippen LogP contribution in [-0.4, -0.2) is 11.1 Å². The largest absolute Gasteiger partial charge is 0.478 e. The van der Waals surface area contributed by atoms with Crippen LogP contribution in [0.4, 0.5) is 0 Å². The molecule has 2 heteroatoms. The molecular formula is C21H16O2. The zero-order chi connectivity index (χ0) is 16.0. The molecule has 0 aliphatic heterocycles. The second-order valence-corrected chi connectivity index (χ2v) is 5.98. The molecule has 4 aromatic carbocycles. The molecular weight excluding hydrogens is 284 g/mol. The van der Waals surface area contributed by atoms with Gasteiger partial charge in [-0.05, 0) is 51.2 Å². The van der Waals surface area contributed by atoms with E-state index in [1.165, 1.54) is 32.3 Å². The number of carboxylic acids is 1. The highest BCUT2D eigenvalue weighted by molar-refractivity contribution is 6.23. The van der Waals surface area contributed by atoms with Crippen LogP contribution < -0.4 is 0 Å². The van der Waals surface area contributed by atoms with Gasteiger partial charge in [0.05, 0.1) is 0 Å². The predicted molar refractivity (Wildman–Crippen MR) is 95.2 cm³/mol. The van der Waals surface area contributed by atoms with Crippen LogP contribution in [0.3, 0.4) is 0 Å². The molecule has 0 aliphatic carbocycles. The number of carboxylic acid groups (broad SMARTS) is 1. The van der Waals surface area contributed by atoms with Crippen molar-refractivity contribution in [2.75, 3.05) is 0 Å². The van der Waals surface area contributed by atoms with Crippen molar-refractivity contribution >= 4 is 38.3 Å². The quantitative estimate of drug-likeness (QED) is 0.419. The van der Waals surface area contributed by atoms with Gasteiger partial charge in [0, 0.05) is 5.57 Å². The summed E-state index contributed by atoms with van der Waals surface area (Å²) in [5.74, 6) is -0.859.